The smallest absolute Gasteiger partial charge is 0.251 e. The number of fused-ring (bicyclic) bond motifs is 1. The Morgan fingerprint density at radius 2 is 1.97 bits per heavy atom. The Labute approximate surface area is 172 Å². The summed E-state index contributed by atoms with van der Waals surface area (Å²) in [5, 5.41) is 6.71. The number of aryl methyl sites for hydroxylation is 1. The van der Waals surface area contributed by atoms with Crippen LogP contribution in [-0.4, -0.2) is 42.3 Å². The van der Waals surface area contributed by atoms with Crippen LogP contribution >= 0.6 is 11.8 Å². The van der Waals surface area contributed by atoms with Crippen LogP contribution in [0.1, 0.15) is 21.5 Å². The molecule has 2 aliphatic heterocycles. The number of hydrogen-bond donors (Lipinski definition) is 2. The number of thioether (sulfide) groups is 1. The molecule has 4 rings (SSSR count). The highest BCUT2D eigenvalue weighted by atomic mass is 32.2. The molecule has 1 fully saturated rings. The molecule has 9 heteroatoms. The van der Waals surface area contributed by atoms with Gasteiger partial charge in [-0.2, -0.15) is 0 Å². The van der Waals surface area contributed by atoms with E-state index in [9.17, 15) is 17.6 Å². The molecule has 29 heavy (non-hydrogen) atoms. The first-order valence-electron chi connectivity index (χ1n) is 9.14. The van der Waals surface area contributed by atoms with Gasteiger partial charge in [0.2, 0.25) is 0 Å². The lowest BCUT2D eigenvalue weighted by atomic mass is 10.1. The van der Waals surface area contributed by atoms with Gasteiger partial charge in [0, 0.05) is 23.0 Å². The van der Waals surface area contributed by atoms with Crippen LogP contribution in [0.25, 0.3) is 0 Å². The molecule has 0 bridgehead atoms. The SMILES string of the molecule is Cc1ccc(C(=O)NCc2ccc(F)cc2)cc1NC1=N[C@H]2CS(=O)(=O)C[C@@H]2S1. The maximum Gasteiger partial charge on any atom is 0.251 e. The topological polar surface area (TPSA) is 87.6 Å². The number of benzene rings is 2. The summed E-state index contributed by atoms with van der Waals surface area (Å²) in [6, 6.07) is 11.1. The van der Waals surface area contributed by atoms with E-state index in [4.69, 9.17) is 0 Å². The van der Waals surface area contributed by atoms with E-state index in [-0.39, 0.29) is 34.5 Å². The average Bonchev–Trinajstić information content (AvgIpc) is 3.15. The third kappa shape index (κ3) is 4.62. The van der Waals surface area contributed by atoms with Gasteiger partial charge < -0.3 is 10.6 Å². The summed E-state index contributed by atoms with van der Waals surface area (Å²) in [7, 11) is -2.99. The number of amidine groups is 1. The van der Waals surface area contributed by atoms with E-state index in [1.807, 2.05) is 13.0 Å². The molecule has 2 heterocycles. The van der Waals surface area contributed by atoms with Gasteiger partial charge in [0.25, 0.3) is 5.91 Å². The van der Waals surface area contributed by atoms with Crippen molar-refractivity contribution in [3.05, 3.63) is 65.0 Å². The molecule has 2 atom stereocenters. The number of halogens is 1. The minimum absolute atomic E-state index is 0.0370. The van der Waals surface area contributed by atoms with Gasteiger partial charge in [-0.1, -0.05) is 30.0 Å². The standard InChI is InChI=1S/C20H20FN3O3S2/c1-12-2-5-14(19(25)22-9-13-3-6-15(21)7-4-13)8-16(12)23-20-24-17-10-29(26,27)11-18(17)28-20/h2-8,17-18H,9-11H2,1H3,(H,22,25)(H,23,24)/t17-,18-/m0/s1. The maximum atomic E-state index is 13.0. The van der Waals surface area contributed by atoms with Crippen LogP contribution in [0, 0.1) is 12.7 Å². The van der Waals surface area contributed by atoms with Gasteiger partial charge in [0.05, 0.1) is 17.5 Å². The quantitative estimate of drug-likeness (QED) is 0.774. The number of aliphatic imine (C=N–C) groups is 1. The van der Waals surface area contributed by atoms with Crippen molar-refractivity contribution in [3.63, 3.8) is 0 Å². The molecule has 0 unspecified atom stereocenters. The van der Waals surface area contributed by atoms with Gasteiger partial charge in [-0.05, 0) is 42.3 Å². The van der Waals surface area contributed by atoms with Crippen LogP contribution in [-0.2, 0) is 16.4 Å². The lowest BCUT2D eigenvalue weighted by Crippen LogP contribution is -2.23. The highest BCUT2D eigenvalue weighted by Gasteiger charge is 2.42. The second-order valence-electron chi connectivity index (χ2n) is 7.20. The first-order chi connectivity index (χ1) is 13.8. The molecular weight excluding hydrogens is 413 g/mol. The van der Waals surface area contributed by atoms with E-state index in [0.717, 1.165) is 16.8 Å². The molecule has 152 valence electrons. The molecular formula is C20H20FN3O3S2. The molecule has 0 radical (unpaired) electrons. The largest absolute Gasteiger partial charge is 0.348 e. The van der Waals surface area contributed by atoms with Crippen molar-refractivity contribution in [1.82, 2.24) is 5.32 Å². The number of nitrogens with zero attached hydrogens (tertiary/aromatic N) is 1. The van der Waals surface area contributed by atoms with Crippen LogP contribution < -0.4 is 10.6 Å². The van der Waals surface area contributed by atoms with E-state index in [0.29, 0.717) is 17.3 Å². The molecule has 2 aromatic carbocycles. The number of sulfone groups is 1. The molecule has 0 aliphatic carbocycles. The van der Waals surface area contributed by atoms with Gasteiger partial charge in [0.1, 0.15) is 5.82 Å². The Morgan fingerprint density at radius 3 is 2.69 bits per heavy atom. The van der Waals surface area contributed by atoms with Crippen LogP contribution in [0.2, 0.25) is 0 Å². The van der Waals surface area contributed by atoms with Crippen molar-refractivity contribution in [1.29, 1.82) is 0 Å². The summed E-state index contributed by atoms with van der Waals surface area (Å²) in [4.78, 5) is 17.0. The molecule has 6 nitrogen and oxygen atoms in total. The molecule has 2 aliphatic rings. The zero-order chi connectivity index (χ0) is 20.6. The Balaban J connectivity index is 1.42. The summed E-state index contributed by atoms with van der Waals surface area (Å²) < 4.78 is 36.4. The Hall–Kier alpha value is -2.39. The second-order valence-corrected chi connectivity index (χ2v) is 10.6. The van der Waals surface area contributed by atoms with Crippen molar-refractivity contribution in [2.24, 2.45) is 4.99 Å². The Kier molecular flexibility index (Phi) is 5.35. The molecule has 1 saturated heterocycles. The van der Waals surface area contributed by atoms with Crippen molar-refractivity contribution in [2.75, 3.05) is 16.8 Å². The van der Waals surface area contributed by atoms with Crippen molar-refractivity contribution in [2.45, 2.75) is 24.8 Å². The van der Waals surface area contributed by atoms with Gasteiger partial charge >= 0.3 is 0 Å². The monoisotopic (exact) mass is 433 g/mol. The molecule has 0 saturated carbocycles. The molecule has 1 amide bonds. The Morgan fingerprint density at radius 1 is 1.21 bits per heavy atom. The van der Waals surface area contributed by atoms with Crippen LogP contribution in [0.4, 0.5) is 10.1 Å². The van der Waals surface area contributed by atoms with Crippen molar-refractivity contribution < 1.29 is 17.6 Å². The third-order valence-corrected chi connectivity index (χ3v) is 8.07. The van der Waals surface area contributed by atoms with Gasteiger partial charge in [-0.15, -0.1) is 0 Å². The van der Waals surface area contributed by atoms with Crippen LogP contribution in [0.3, 0.4) is 0 Å². The maximum absolute atomic E-state index is 13.0. The molecule has 2 N–H and O–H groups in total. The second kappa shape index (κ2) is 7.79. The molecule has 2 aromatic rings. The lowest BCUT2D eigenvalue weighted by molar-refractivity contribution is 0.0951. The number of hydrogen-bond acceptors (Lipinski definition) is 6. The summed E-state index contributed by atoms with van der Waals surface area (Å²) in [5.41, 5.74) is 3.01. The Bertz CT molecular complexity index is 1080. The third-order valence-electron chi connectivity index (χ3n) is 4.93. The number of carbonyl (C=O) groups is 1. The first-order valence-corrected chi connectivity index (χ1v) is 11.8. The fourth-order valence-corrected chi connectivity index (χ4v) is 6.98. The zero-order valence-electron chi connectivity index (χ0n) is 15.7. The first kappa shape index (κ1) is 19.9. The van der Waals surface area contributed by atoms with Crippen molar-refractivity contribution in [3.8, 4) is 0 Å². The normalized spacial score (nSPS) is 22.1. The predicted molar refractivity (Wildman–Crippen MR) is 114 cm³/mol. The predicted octanol–water partition coefficient (Wildman–Crippen LogP) is 2.74. The number of amides is 1. The van der Waals surface area contributed by atoms with Gasteiger partial charge in [0.15, 0.2) is 15.0 Å². The fourth-order valence-electron chi connectivity index (χ4n) is 3.32. The van der Waals surface area contributed by atoms with E-state index < -0.39 is 9.84 Å². The summed E-state index contributed by atoms with van der Waals surface area (Å²) in [6.07, 6.45) is 0. The van der Waals surface area contributed by atoms with Gasteiger partial charge in [-0.3, -0.25) is 9.79 Å². The highest BCUT2D eigenvalue weighted by Crippen LogP contribution is 2.35. The lowest BCUT2D eigenvalue weighted by Gasteiger charge is -2.12. The number of nitrogens with one attached hydrogen (secondary N) is 2. The van der Waals surface area contributed by atoms with Gasteiger partial charge in [-0.25, -0.2) is 12.8 Å². The van der Waals surface area contributed by atoms with Crippen LogP contribution in [0.15, 0.2) is 47.5 Å². The summed E-state index contributed by atoms with van der Waals surface area (Å²) in [6.45, 7) is 2.23. The van der Waals surface area contributed by atoms with Crippen LogP contribution in [0.5, 0.6) is 0 Å². The molecule has 0 aromatic heterocycles. The highest BCUT2D eigenvalue weighted by molar-refractivity contribution is 8.15. The van der Waals surface area contributed by atoms with E-state index in [2.05, 4.69) is 15.6 Å². The molecule has 0 spiro atoms. The zero-order valence-corrected chi connectivity index (χ0v) is 17.3. The fraction of sp³-hybridized carbons (Fsp3) is 0.300. The number of anilines is 1. The minimum atomic E-state index is -2.99. The summed E-state index contributed by atoms with van der Waals surface area (Å²) >= 11 is 1.44. The van der Waals surface area contributed by atoms with E-state index in [1.165, 1.54) is 23.9 Å². The number of rotatable bonds is 4. The minimum Gasteiger partial charge on any atom is -0.348 e. The van der Waals surface area contributed by atoms with E-state index >= 15 is 0 Å². The average molecular weight is 434 g/mol. The van der Waals surface area contributed by atoms with Crippen molar-refractivity contribution >= 4 is 38.4 Å². The number of carbonyl (C=O) groups excluding carboxylic acids is 1. The van der Waals surface area contributed by atoms with E-state index in [1.54, 1.807) is 24.3 Å². The summed E-state index contributed by atoms with van der Waals surface area (Å²) in [5.74, 6) is -0.298.